The molecule has 1 amide bonds. The van der Waals surface area contributed by atoms with E-state index in [1.54, 1.807) is 48.9 Å². The average Bonchev–Trinajstić information content (AvgIpc) is 3.30. The lowest BCUT2D eigenvalue weighted by atomic mass is 10.2. The number of rotatable bonds is 8. The van der Waals surface area contributed by atoms with Crippen LogP contribution in [0.3, 0.4) is 0 Å². The van der Waals surface area contributed by atoms with Crippen molar-refractivity contribution in [2.24, 2.45) is 5.10 Å². The number of benzene rings is 2. The molecule has 0 unspecified atom stereocenters. The van der Waals surface area contributed by atoms with Gasteiger partial charge in [0.15, 0.2) is 0 Å². The Hall–Kier alpha value is -3.37. The van der Waals surface area contributed by atoms with Gasteiger partial charge in [0.2, 0.25) is 0 Å². The van der Waals surface area contributed by atoms with Crippen molar-refractivity contribution in [3.05, 3.63) is 71.1 Å². The van der Waals surface area contributed by atoms with E-state index in [2.05, 4.69) is 15.2 Å². The molecule has 0 saturated carbocycles. The lowest BCUT2D eigenvalue weighted by Gasteiger charge is -2.10. The summed E-state index contributed by atoms with van der Waals surface area (Å²) in [5.41, 5.74) is 3.28. The Kier molecular flexibility index (Phi) is 6.70. The van der Waals surface area contributed by atoms with Gasteiger partial charge in [0.25, 0.3) is 15.9 Å². The third-order valence-corrected chi connectivity index (χ3v) is 6.75. The van der Waals surface area contributed by atoms with Crippen molar-refractivity contribution < 1.29 is 22.7 Å². The maximum absolute atomic E-state index is 12.6. The number of amides is 1. The zero-order valence-corrected chi connectivity index (χ0v) is 17.8. The third-order valence-electron chi connectivity index (χ3n) is 3.98. The highest BCUT2D eigenvalue weighted by Crippen LogP contribution is 2.24. The number of para-hydroxylation sites is 1. The highest BCUT2D eigenvalue weighted by molar-refractivity contribution is 7.94. The van der Waals surface area contributed by atoms with E-state index in [1.807, 2.05) is 0 Å². The van der Waals surface area contributed by atoms with Crippen LogP contribution in [0.4, 0.5) is 5.69 Å². The molecule has 0 fully saturated rings. The number of nitrogens with zero attached hydrogens (tertiary/aromatic N) is 1. The number of sulfonamides is 1. The van der Waals surface area contributed by atoms with Gasteiger partial charge >= 0.3 is 0 Å². The Morgan fingerprint density at radius 2 is 1.87 bits per heavy atom. The summed E-state index contributed by atoms with van der Waals surface area (Å²) in [4.78, 5) is 12.6. The van der Waals surface area contributed by atoms with Crippen LogP contribution in [0.15, 0.2) is 69.3 Å². The summed E-state index contributed by atoms with van der Waals surface area (Å²) in [6.45, 7) is 0. The second-order valence-electron chi connectivity index (χ2n) is 5.89. The van der Waals surface area contributed by atoms with Gasteiger partial charge in [-0.15, -0.1) is 11.3 Å². The first-order valence-corrected chi connectivity index (χ1v) is 11.0. The molecular formula is C20H19N3O5S2. The molecule has 0 saturated heterocycles. The fourth-order valence-electron chi connectivity index (χ4n) is 2.54. The highest BCUT2D eigenvalue weighted by Gasteiger charge is 2.19. The summed E-state index contributed by atoms with van der Waals surface area (Å²) >= 11 is 1.08. The van der Waals surface area contributed by atoms with E-state index < -0.39 is 15.9 Å². The van der Waals surface area contributed by atoms with Crippen LogP contribution < -0.4 is 19.6 Å². The summed E-state index contributed by atoms with van der Waals surface area (Å²) < 4.78 is 38.0. The second-order valence-corrected chi connectivity index (χ2v) is 8.75. The van der Waals surface area contributed by atoms with E-state index in [1.165, 1.54) is 31.5 Å². The smallest absolute Gasteiger partial charge is 0.273 e. The molecule has 8 nitrogen and oxygen atoms in total. The minimum atomic E-state index is -3.79. The SMILES string of the molecule is COc1ccc(OC)c(/C=N\NC(=O)c2ccccc2NS(=O)(=O)c2cccs2)c1. The van der Waals surface area contributed by atoms with Crippen LogP contribution in [0.1, 0.15) is 15.9 Å². The van der Waals surface area contributed by atoms with Crippen LogP contribution >= 0.6 is 11.3 Å². The van der Waals surface area contributed by atoms with E-state index >= 15 is 0 Å². The summed E-state index contributed by atoms with van der Waals surface area (Å²) in [7, 11) is -0.725. The molecule has 10 heteroatoms. The highest BCUT2D eigenvalue weighted by atomic mass is 32.2. The predicted octanol–water partition coefficient (Wildman–Crippen LogP) is 3.33. The van der Waals surface area contributed by atoms with Crippen LogP contribution in [-0.4, -0.2) is 34.8 Å². The quantitative estimate of drug-likeness (QED) is 0.409. The number of nitrogens with one attached hydrogen (secondary N) is 2. The average molecular weight is 446 g/mol. The Balaban J connectivity index is 1.78. The van der Waals surface area contributed by atoms with E-state index in [4.69, 9.17) is 9.47 Å². The topological polar surface area (TPSA) is 106 Å². The first kappa shape index (κ1) is 21.3. The van der Waals surface area contributed by atoms with Gasteiger partial charge in [0.1, 0.15) is 15.7 Å². The maximum atomic E-state index is 12.6. The standard InChI is InChI=1S/C20H19N3O5S2/c1-27-15-9-10-18(28-2)14(12-15)13-21-22-20(24)16-6-3-4-7-17(16)23-30(25,26)19-8-5-11-29-19/h3-13,23H,1-2H3,(H,22,24)/b21-13-. The van der Waals surface area contributed by atoms with Crippen molar-refractivity contribution in [2.45, 2.75) is 4.21 Å². The number of anilines is 1. The molecule has 3 aromatic rings. The first-order chi connectivity index (χ1) is 14.4. The molecule has 30 heavy (non-hydrogen) atoms. The summed E-state index contributed by atoms with van der Waals surface area (Å²) in [6, 6.07) is 14.6. The largest absolute Gasteiger partial charge is 0.497 e. The van der Waals surface area contributed by atoms with E-state index in [0.717, 1.165) is 11.3 Å². The Labute approximate surface area is 178 Å². The van der Waals surface area contributed by atoms with Crippen LogP contribution in [0.25, 0.3) is 0 Å². The van der Waals surface area contributed by atoms with E-state index in [0.29, 0.717) is 17.1 Å². The lowest BCUT2D eigenvalue weighted by Crippen LogP contribution is -2.21. The number of hydrazone groups is 1. The summed E-state index contributed by atoms with van der Waals surface area (Å²) in [6.07, 6.45) is 1.41. The van der Waals surface area contributed by atoms with Crippen molar-refractivity contribution in [3.8, 4) is 11.5 Å². The molecule has 3 rings (SSSR count). The number of ether oxygens (including phenoxy) is 2. The Morgan fingerprint density at radius 1 is 1.07 bits per heavy atom. The van der Waals surface area contributed by atoms with E-state index in [9.17, 15) is 13.2 Å². The van der Waals surface area contributed by atoms with Crippen molar-refractivity contribution >= 4 is 39.2 Å². The van der Waals surface area contributed by atoms with E-state index in [-0.39, 0.29) is 15.5 Å². The van der Waals surface area contributed by atoms with Crippen molar-refractivity contribution in [2.75, 3.05) is 18.9 Å². The van der Waals surface area contributed by atoms with Crippen LogP contribution in [0, 0.1) is 0 Å². The van der Waals surface area contributed by atoms with Crippen molar-refractivity contribution in [1.29, 1.82) is 0 Å². The Bertz CT molecular complexity index is 1160. The Morgan fingerprint density at radius 3 is 2.57 bits per heavy atom. The number of thiophene rings is 1. The monoisotopic (exact) mass is 445 g/mol. The molecule has 2 N–H and O–H groups in total. The van der Waals surface area contributed by atoms with Gasteiger partial charge in [-0.1, -0.05) is 18.2 Å². The third kappa shape index (κ3) is 4.97. The molecule has 1 aromatic heterocycles. The molecular weight excluding hydrogens is 426 g/mol. The zero-order valence-electron chi connectivity index (χ0n) is 16.2. The van der Waals surface area contributed by atoms with Crippen LogP contribution in [0.5, 0.6) is 11.5 Å². The predicted molar refractivity (Wildman–Crippen MR) is 116 cm³/mol. The van der Waals surface area contributed by atoms with Gasteiger partial charge in [-0.05, 0) is 41.8 Å². The lowest BCUT2D eigenvalue weighted by molar-refractivity contribution is 0.0956. The normalized spacial score (nSPS) is 11.3. The molecule has 1 heterocycles. The summed E-state index contributed by atoms with van der Waals surface area (Å²) in [5.74, 6) is 0.590. The number of hydrogen-bond acceptors (Lipinski definition) is 7. The van der Waals surface area contributed by atoms with Crippen LogP contribution in [-0.2, 0) is 10.0 Å². The van der Waals surface area contributed by atoms with Gasteiger partial charge in [-0.3, -0.25) is 9.52 Å². The van der Waals surface area contributed by atoms with Crippen molar-refractivity contribution in [1.82, 2.24) is 5.43 Å². The van der Waals surface area contributed by atoms with Gasteiger partial charge in [0.05, 0.1) is 31.7 Å². The molecule has 2 aromatic carbocycles. The molecule has 0 radical (unpaired) electrons. The van der Waals surface area contributed by atoms with Crippen molar-refractivity contribution in [3.63, 3.8) is 0 Å². The molecule has 0 spiro atoms. The molecule has 0 aliphatic rings. The maximum Gasteiger partial charge on any atom is 0.273 e. The fourth-order valence-corrected chi connectivity index (χ4v) is 4.62. The van der Waals surface area contributed by atoms with Gasteiger partial charge in [-0.25, -0.2) is 13.8 Å². The fraction of sp³-hybridized carbons (Fsp3) is 0.100. The zero-order chi connectivity index (χ0) is 21.6. The number of carbonyl (C=O) groups is 1. The number of hydrogen-bond donors (Lipinski definition) is 2. The number of methoxy groups -OCH3 is 2. The first-order valence-electron chi connectivity index (χ1n) is 8.65. The molecule has 0 aliphatic carbocycles. The second kappa shape index (κ2) is 9.42. The van der Waals surface area contributed by atoms with Gasteiger partial charge in [-0.2, -0.15) is 5.10 Å². The minimum Gasteiger partial charge on any atom is -0.497 e. The summed E-state index contributed by atoms with van der Waals surface area (Å²) in [5, 5.41) is 5.62. The molecule has 0 atom stereocenters. The molecule has 156 valence electrons. The van der Waals surface area contributed by atoms with Gasteiger partial charge < -0.3 is 9.47 Å². The van der Waals surface area contributed by atoms with Gasteiger partial charge in [0, 0.05) is 5.56 Å². The molecule has 0 bridgehead atoms. The van der Waals surface area contributed by atoms with Crippen LogP contribution in [0.2, 0.25) is 0 Å². The number of carbonyl (C=O) groups excluding carboxylic acids is 1. The molecule has 0 aliphatic heterocycles. The minimum absolute atomic E-state index is 0.132.